The molecule has 1 heterocycles. The minimum atomic E-state index is -0.962. The Morgan fingerprint density at radius 3 is 3.00 bits per heavy atom. The summed E-state index contributed by atoms with van der Waals surface area (Å²) in [6, 6.07) is 5.41. The first kappa shape index (κ1) is 9.67. The fraction of sp³-hybridized carbons (Fsp3) is 0.333. The van der Waals surface area contributed by atoms with Crippen LogP contribution < -0.4 is 0 Å². The standard InChI is InChI=1S/C9H11NO3/c1-7(9(11)12)13-6-8-4-2-3-5-10-8/h2-5,7H,6H2,1H3,(H,11,12)/t7-/m0/s1. The average Bonchev–Trinajstić information content (AvgIpc) is 2.15. The van der Waals surface area contributed by atoms with E-state index in [4.69, 9.17) is 9.84 Å². The van der Waals surface area contributed by atoms with Gasteiger partial charge in [0.2, 0.25) is 0 Å². The highest BCUT2D eigenvalue weighted by molar-refractivity contribution is 5.71. The summed E-state index contributed by atoms with van der Waals surface area (Å²) in [6.07, 6.45) is 0.853. The minimum Gasteiger partial charge on any atom is -0.479 e. The van der Waals surface area contributed by atoms with Gasteiger partial charge in [0.15, 0.2) is 6.10 Å². The molecule has 1 rings (SSSR count). The Balaban J connectivity index is 2.39. The van der Waals surface area contributed by atoms with E-state index in [2.05, 4.69) is 4.98 Å². The van der Waals surface area contributed by atoms with Crippen LogP contribution in [0.4, 0.5) is 0 Å². The highest BCUT2D eigenvalue weighted by atomic mass is 16.5. The van der Waals surface area contributed by atoms with Crippen LogP contribution in [0.5, 0.6) is 0 Å². The van der Waals surface area contributed by atoms with Crippen LogP contribution in [0, 0.1) is 0 Å². The van der Waals surface area contributed by atoms with Crippen molar-refractivity contribution in [2.75, 3.05) is 0 Å². The topological polar surface area (TPSA) is 59.4 Å². The lowest BCUT2D eigenvalue weighted by Crippen LogP contribution is -2.19. The molecular formula is C9H11NO3. The molecule has 4 heteroatoms. The Bertz CT molecular complexity index is 273. The zero-order valence-corrected chi connectivity index (χ0v) is 7.30. The van der Waals surface area contributed by atoms with E-state index in [1.807, 2.05) is 6.07 Å². The number of nitrogens with zero attached hydrogens (tertiary/aromatic N) is 1. The lowest BCUT2D eigenvalue weighted by atomic mass is 10.3. The highest BCUT2D eigenvalue weighted by Gasteiger charge is 2.10. The van der Waals surface area contributed by atoms with Gasteiger partial charge in [-0.25, -0.2) is 4.79 Å². The van der Waals surface area contributed by atoms with Gasteiger partial charge in [-0.05, 0) is 19.1 Å². The van der Waals surface area contributed by atoms with Crippen LogP contribution in [0.3, 0.4) is 0 Å². The van der Waals surface area contributed by atoms with Crippen LogP contribution in [0.2, 0.25) is 0 Å². The quantitative estimate of drug-likeness (QED) is 0.754. The molecule has 0 aliphatic rings. The summed E-state index contributed by atoms with van der Waals surface area (Å²) in [5, 5.41) is 8.51. The number of pyridine rings is 1. The van der Waals surface area contributed by atoms with Crippen LogP contribution in [0.25, 0.3) is 0 Å². The minimum absolute atomic E-state index is 0.230. The first-order valence-electron chi connectivity index (χ1n) is 3.94. The fourth-order valence-electron chi connectivity index (χ4n) is 0.765. The summed E-state index contributed by atoms with van der Waals surface area (Å²) < 4.78 is 5.03. The molecule has 1 aromatic heterocycles. The molecule has 4 nitrogen and oxygen atoms in total. The van der Waals surface area contributed by atoms with Crippen LogP contribution in [-0.2, 0) is 16.1 Å². The van der Waals surface area contributed by atoms with Crippen LogP contribution in [-0.4, -0.2) is 22.2 Å². The van der Waals surface area contributed by atoms with Crippen molar-refractivity contribution in [1.82, 2.24) is 4.98 Å². The van der Waals surface area contributed by atoms with E-state index in [-0.39, 0.29) is 6.61 Å². The largest absolute Gasteiger partial charge is 0.479 e. The zero-order chi connectivity index (χ0) is 9.68. The number of rotatable bonds is 4. The summed E-state index contributed by atoms with van der Waals surface area (Å²) in [5.74, 6) is -0.962. The van der Waals surface area contributed by atoms with Crippen molar-refractivity contribution < 1.29 is 14.6 Å². The van der Waals surface area contributed by atoms with Gasteiger partial charge in [-0.3, -0.25) is 4.98 Å². The molecule has 0 spiro atoms. The second-order valence-corrected chi connectivity index (χ2v) is 2.61. The summed E-state index contributed by atoms with van der Waals surface area (Å²) in [4.78, 5) is 14.4. The van der Waals surface area contributed by atoms with Gasteiger partial charge in [0, 0.05) is 6.20 Å². The number of carbonyl (C=O) groups is 1. The smallest absolute Gasteiger partial charge is 0.332 e. The van der Waals surface area contributed by atoms with Gasteiger partial charge in [-0.2, -0.15) is 0 Å². The molecule has 1 N–H and O–H groups in total. The van der Waals surface area contributed by atoms with Crippen LogP contribution in [0.1, 0.15) is 12.6 Å². The maximum Gasteiger partial charge on any atom is 0.332 e. The Morgan fingerprint density at radius 2 is 2.46 bits per heavy atom. The summed E-state index contributed by atoms with van der Waals surface area (Å²) >= 11 is 0. The predicted octanol–water partition coefficient (Wildman–Crippen LogP) is 1.07. The number of ether oxygens (including phenoxy) is 1. The normalized spacial score (nSPS) is 12.4. The third kappa shape index (κ3) is 3.21. The number of carboxylic acids is 1. The second-order valence-electron chi connectivity index (χ2n) is 2.61. The molecule has 0 saturated heterocycles. The fourth-order valence-corrected chi connectivity index (χ4v) is 0.765. The molecule has 0 unspecified atom stereocenters. The number of aromatic nitrogens is 1. The first-order valence-corrected chi connectivity index (χ1v) is 3.94. The number of hydrogen-bond acceptors (Lipinski definition) is 3. The molecule has 0 fully saturated rings. The summed E-state index contributed by atoms with van der Waals surface area (Å²) in [5.41, 5.74) is 0.732. The maximum atomic E-state index is 10.4. The van der Waals surface area contributed by atoms with Gasteiger partial charge in [0.05, 0.1) is 12.3 Å². The van der Waals surface area contributed by atoms with Gasteiger partial charge >= 0.3 is 5.97 Å². The Labute approximate surface area is 76.2 Å². The van der Waals surface area contributed by atoms with Gasteiger partial charge < -0.3 is 9.84 Å². The van der Waals surface area contributed by atoms with E-state index in [1.54, 1.807) is 18.3 Å². The molecule has 1 atom stereocenters. The average molecular weight is 181 g/mol. The van der Waals surface area contributed by atoms with Crippen LogP contribution >= 0.6 is 0 Å². The Hall–Kier alpha value is -1.42. The number of aliphatic carboxylic acids is 1. The molecule has 0 saturated carbocycles. The predicted molar refractivity (Wildman–Crippen MR) is 46.1 cm³/mol. The van der Waals surface area contributed by atoms with Gasteiger partial charge in [0.25, 0.3) is 0 Å². The molecule has 0 aliphatic carbocycles. The van der Waals surface area contributed by atoms with Gasteiger partial charge in [0.1, 0.15) is 0 Å². The van der Waals surface area contributed by atoms with Crippen molar-refractivity contribution in [3.8, 4) is 0 Å². The molecule has 0 radical (unpaired) electrons. The molecule has 1 aromatic rings. The number of hydrogen-bond donors (Lipinski definition) is 1. The van der Waals surface area contributed by atoms with Crippen molar-refractivity contribution >= 4 is 5.97 Å². The second kappa shape index (κ2) is 4.57. The van der Waals surface area contributed by atoms with Crippen LogP contribution in [0.15, 0.2) is 24.4 Å². The van der Waals surface area contributed by atoms with E-state index < -0.39 is 12.1 Å². The van der Waals surface area contributed by atoms with Crippen molar-refractivity contribution in [2.24, 2.45) is 0 Å². The highest BCUT2D eigenvalue weighted by Crippen LogP contribution is 1.99. The third-order valence-corrected chi connectivity index (χ3v) is 1.56. The SMILES string of the molecule is C[C@H](OCc1ccccn1)C(=O)O. The summed E-state index contributed by atoms with van der Waals surface area (Å²) in [7, 11) is 0. The lowest BCUT2D eigenvalue weighted by Gasteiger charge is -2.06. The van der Waals surface area contributed by atoms with Crippen molar-refractivity contribution in [3.63, 3.8) is 0 Å². The molecule has 0 amide bonds. The molecule has 0 aromatic carbocycles. The van der Waals surface area contributed by atoms with Crippen molar-refractivity contribution in [2.45, 2.75) is 19.6 Å². The Morgan fingerprint density at radius 1 is 1.69 bits per heavy atom. The van der Waals surface area contributed by atoms with Gasteiger partial charge in [-0.15, -0.1) is 0 Å². The number of carboxylic acid groups (broad SMARTS) is 1. The van der Waals surface area contributed by atoms with E-state index in [9.17, 15) is 4.79 Å². The van der Waals surface area contributed by atoms with E-state index in [0.29, 0.717) is 0 Å². The molecule has 70 valence electrons. The monoisotopic (exact) mass is 181 g/mol. The molecule has 0 bridgehead atoms. The van der Waals surface area contributed by atoms with E-state index in [1.165, 1.54) is 6.92 Å². The molecular weight excluding hydrogens is 170 g/mol. The lowest BCUT2D eigenvalue weighted by molar-refractivity contribution is -0.149. The summed E-state index contributed by atoms with van der Waals surface area (Å²) in [6.45, 7) is 1.72. The van der Waals surface area contributed by atoms with Crippen molar-refractivity contribution in [1.29, 1.82) is 0 Å². The van der Waals surface area contributed by atoms with Gasteiger partial charge in [-0.1, -0.05) is 6.07 Å². The van der Waals surface area contributed by atoms with Crippen molar-refractivity contribution in [3.05, 3.63) is 30.1 Å². The zero-order valence-electron chi connectivity index (χ0n) is 7.30. The van der Waals surface area contributed by atoms with E-state index >= 15 is 0 Å². The third-order valence-electron chi connectivity index (χ3n) is 1.56. The molecule has 13 heavy (non-hydrogen) atoms. The molecule has 0 aliphatic heterocycles. The maximum absolute atomic E-state index is 10.4. The van der Waals surface area contributed by atoms with E-state index in [0.717, 1.165) is 5.69 Å². The Kier molecular flexibility index (Phi) is 3.40. The first-order chi connectivity index (χ1) is 6.20.